The first-order chi connectivity index (χ1) is 7.02. The number of nitrogens with one attached hydrogen (secondary N) is 1. The molecule has 0 spiro atoms. The highest BCUT2D eigenvalue weighted by Crippen LogP contribution is 2.26. The van der Waals surface area contributed by atoms with Gasteiger partial charge in [0.05, 0.1) is 22.0 Å². The fraction of sp³-hybridized carbons (Fsp3) is 0.444. The summed E-state index contributed by atoms with van der Waals surface area (Å²) in [5.74, 6) is 0. The first-order valence-electron chi connectivity index (χ1n) is 4.47. The molecule has 1 aromatic rings. The van der Waals surface area contributed by atoms with Crippen molar-refractivity contribution < 1.29 is 4.21 Å². The summed E-state index contributed by atoms with van der Waals surface area (Å²) >= 11 is 3.35. The van der Waals surface area contributed by atoms with Crippen LogP contribution in [0.2, 0.25) is 0 Å². The van der Waals surface area contributed by atoms with Crippen molar-refractivity contribution in [2.24, 2.45) is 0 Å². The molecule has 84 valence electrons. The second-order valence-electron chi connectivity index (χ2n) is 3.28. The van der Waals surface area contributed by atoms with Crippen molar-refractivity contribution in [1.29, 1.82) is 0 Å². The first-order valence-corrected chi connectivity index (χ1v) is 6.89. The Labute approximate surface area is 100 Å². The fourth-order valence-corrected chi connectivity index (χ4v) is 1.80. The zero-order valence-corrected chi connectivity index (χ0v) is 11.1. The molecule has 15 heavy (non-hydrogen) atoms. The zero-order chi connectivity index (χ0) is 11.4. The smallest absolute Gasteiger partial charge is 0.0750 e. The van der Waals surface area contributed by atoms with E-state index in [1.807, 2.05) is 6.92 Å². The van der Waals surface area contributed by atoms with Gasteiger partial charge in [-0.15, -0.1) is 0 Å². The summed E-state index contributed by atoms with van der Waals surface area (Å²) in [6.07, 6.45) is 4.95. The van der Waals surface area contributed by atoms with Crippen LogP contribution in [-0.4, -0.2) is 27.2 Å². The molecule has 0 fully saturated rings. The lowest BCUT2D eigenvalue weighted by Crippen LogP contribution is -2.21. The minimum Gasteiger partial charge on any atom is -0.396 e. The predicted molar refractivity (Wildman–Crippen MR) is 68.4 cm³/mol. The lowest BCUT2D eigenvalue weighted by molar-refractivity contribution is 0.679. The second kappa shape index (κ2) is 5.46. The molecule has 1 heterocycles. The number of hydrogen-bond acceptors (Lipinski definition) is 4. The minimum absolute atomic E-state index is 0.0875. The maximum atomic E-state index is 11.2. The SMILES string of the molecule is CC(CNc1c(N)cncc1Br)S(C)=O. The Morgan fingerprint density at radius 1 is 1.67 bits per heavy atom. The number of nitrogens with two attached hydrogens (primary N) is 1. The van der Waals surface area contributed by atoms with Gasteiger partial charge in [-0.1, -0.05) is 0 Å². The van der Waals surface area contributed by atoms with Crippen molar-refractivity contribution in [1.82, 2.24) is 4.98 Å². The minimum atomic E-state index is -0.831. The lowest BCUT2D eigenvalue weighted by atomic mass is 10.3. The summed E-state index contributed by atoms with van der Waals surface area (Å²) in [6, 6.07) is 0. The number of anilines is 2. The van der Waals surface area contributed by atoms with E-state index in [0.29, 0.717) is 12.2 Å². The van der Waals surface area contributed by atoms with Gasteiger partial charge in [0.2, 0.25) is 0 Å². The number of nitrogen functional groups attached to an aromatic ring is 1. The average Bonchev–Trinajstić information content (AvgIpc) is 2.16. The van der Waals surface area contributed by atoms with Crippen molar-refractivity contribution >= 4 is 38.1 Å². The van der Waals surface area contributed by atoms with E-state index in [9.17, 15) is 4.21 Å². The Hall–Kier alpha value is -0.620. The van der Waals surface area contributed by atoms with Crippen LogP contribution in [0.3, 0.4) is 0 Å². The highest BCUT2D eigenvalue weighted by atomic mass is 79.9. The van der Waals surface area contributed by atoms with Crippen LogP contribution in [0.5, 0.6) is 0 Å². The maximum Gasteiger partial charge on any atom is 0.0750 e. The third-order valence-corrected chi connectivity index (χ3v) is 3.96. The monoisotopic (exact) mass is 291 g/mol. The van der Waals surface area contributed by atoms with E-state index in [4.69, 9.17) is 5.73 Å². The quantitative estimate of drug-likeness (QED) is 0.884. The molecule has 2 atom stereocenters. The van der Waals surface area contributed by atoms with Gasteiger partial charge in [-0.3, -0.25) is 9.19 Å². The van der Waals surface area contributed by atoms with E-state index in [1.54, 1.807) is 18.6 Å². The molecule has 0 aliphatic carbocycles. The summed E-state index contributed by atoms with van der Waals surface area (Å²) < 4.78 is 12.0. The van der Waals surface area contributed by atoms with Crippen molar-refractivity contribution in [3.8, 4) is 0 Å². The van der Waals surface area contributed by atoms with Gasteiger partial charge in [-0.25, -0.2) is 0 Å². The van der Waals surface area contributed by atoms with Crippen LogP contribution in [-0.2, 0) is 10.8 Å². The van der Waals surface area contributed by atoms with Crippen molar-refractivity contribution in [2.75, 3.05) is 23.9 Å². The summed E-state index contributed by atoms with van der Waals surface area (Å²) in [6.45, 7) is 2.55. The van der Waals surface area contributed by atoms with Gasteiger partial charge in [0, 0.05) is 35.0 Å². The third kappa shape index (κ3) is 3.46. The van der Waals surface area contributed by atoms with Crippen molar-refractivity contribution in [3.63, 3.8) is 0 Å². The van der Waals surface area contributed by atoms with E-state index >= 15 is 0 Å². The summed E-state index contributed by atoms with van der Waals surface area (Å²) in [5, 5.41) is 3.24. The molecule has 0 saturated carbocycles. The Morgan fingerprint density at radius 2 is 2.33 bits per heavy atom. The molecule has 1 rings (SSSR count). The van der Waals surface area contributed by atoms with E-state index in [-0.39, 0.29) is 5.25 Å². The van der Waals surface area contributed by atoms with Gasteiger partial charge in [0.15, 0.2) is 0 Å². The highest BCUT2D eigenvalue weighted by molar-refractivity contribution is 9.10. The Balaban J connectivity index is 2.69. The normalized spacial score (nSPS) is 14.6. The molecule has 2 unspecified atom stereocenters. The molecule has 3 N–H and O–H groups in total. The van der Waals surface area contributed by atoms with Gasteiger partial charge in [0.25, 0.3) is 0 Å². The first kappa shape index (κ1) is 12.4. The van der Waals surface area contributed by atoms with Crippen LogP contribution in [0.15, 0.2) is 16.9 Å². The second-order valence-corrected chi connectivity index (χ2v) is 5.93. The number of aromatic nitrogens is 1. The fourth-order valence-electron chi connectivity index (χ4n) is 1.000. The largest absolute Gasteiger partial charge is 0.396 e. The van der Waals surface area contributed by atoms with Crippen LogP contribution >= 0.6 is 15.9 Å². The summed E-state index contributed by atoms with van der Waals surface area (Å²) in [5.41, 5.74) is 7.14. The number of halogens is 1. The molecular formula is C9H14BrN3OS. The van der Waals surface area contributed by atoms with Gasteiger partial charge < -0.3 is 11.1 Å². The summed E-state index contributed by atoms with van der Waals surface area (Å²) in [7, 11) is -0.831. The Bertz CT molecular complexity index is 352. The van der Waals surface area contributed by atoms with Crippen molar-refractivity contribution in [2.45, 2.75) is 12.2 Å². The molecule has 6 heteroatoms. The van der Waals surface area contributed by atoms with E-state index in [0.717, 1.165) is 10.2 Å². The molecule has 0 amide bonds. The maximum absolute atomic E-state index is 11.2. The van der Waals surface area contributed by atoms with Gasteiger partial charge in [-0.05, 0) is 22.9 Å². The molecule has 0 aliphatic rings. The molecule has 4 nitrogen and oxygen atoms in total. The Kier molecular flexibility index (Phi) is 4.53. The molecule has 0 saturated heterocycles. The number of pyridine rings is 1. The van der Waals surface area contributed by atoms with Gasteiger partial charge >= 0.3 is 0 Å². The number of nitrogens with zero attached hydrogens (tertiary/aromatic N) is 1. The number of hydrogen-bond donors (Lipinski definition) is 2. The van der Waals surface area contributed by atoms with Gasteiger partial charge in [-0.2, -0.15) is 0 Å². The molecule has 0 aliphatic heterocycles. The van der Waals surface area contributed by atoms with Crippen LogP contribution < -0.4 is 11.1 Å². The molecule has 0 bridgehead atoms. The lowest BCUT2D eigenvalue weighted by Gasteiger charge is -2.13. The molecule has 1 aromatic heterocycles. The van der Waals surface area contributed by atoms with Crippen molar-refractivity contribution in [3.05, 3.63) is 16.9 Å². The van der Waals surface area contributed by atoms with Gasteiger partial charge in [0.1, 0.15) is 0 Å². The highest BCUT2D eigenvalue weighted by Gasteiger charge is 2.09. The topological polar surface area (TPSA) is 68.0 Å². The van der Waals surface area contributed by atoms with Crippen LogP contribution in [0.1, 0.15) is 6.92 Å². The van der Waals surface area contributed by atoms with E-state index in [2.05, 4.69) is 26.2 Å². The number of rotatable bonds is 4. The van der Waals surface area contributed by atoms with Crippen LogP contribution in [0.25, 0.3) is 0 Å². The average molecular weight is 292 g/mol. The molecule has 0 radical (unpaired) electrons. The van der Waals surface area contributed by atoms with Crippen LogP contribution in [0.4, 0.5) is 11.4 Å². The zero-order valence-electron chi connectivity index (χ0n) is 8.66. The predicted octanol–water partition coefficient (Wildman–Crippen LogP) is 1.61. The standard InChI is InChI=1S/C9H14BrN3OS/c1-6(15(2)14)3-13-9-7(10)4-12-5-8(9)11/h4-6H,3,11H2,1-2H3,(H,12,13). The van der Waals surface area contributed by atoms with E-state index < -0.39 is 10.8 Å². The molecular weight excluding hydrogens is 278 g/mol. The Morgan fingerprint density at radius 3 is 2.87 bits per heavy atom. The molecule has 0 aromatic carbocycles. The van der Waals surface area contributed by atoms with E-state index in [1.165, 1.54) is 0 Å². The summed E-state index contributed by atoms with van der Waals surface area (Å²) in [4.78, 5) is 3.93. The third-order valence-electron chi connectivity index (χ3n) is 2.06. The van der Waals surface area contributed by atoms with Crippen LogP contribution in [0, 0.1) is 0 Å².